The number of carbonyl (C=O) groups is 1. The molecule has 0 saturated heterocycles. The smallest absolute Gasteiger partial charge is 0.305 e. The topological polar surface area (TPSA) is 113 Å². The number of aromatic nitrogens is 3. The molecule has 0 amide bonds. The number of hydrogen-bond acceptors (Lipinski definition) is 8. The summed E-state index contributed by atoms with van der Waals surface area (Å²) in [5, 5.41) is 4.65. The third-order valence-electron chi connectivity index (χ3n) is 5.87. The monoisotopic (exact) mass is 560 g/mol. The van der Waals surface area contributed by atoms with E-state index in [4.69, 9.17) is 25.8 Å². The highest BCUT2D eigenvalue weighted by molar-refractivity contribution is 7.93. The first-order valence-electron chi connectivity index (χ1n) is 12.2. The number of aryl methyl sites for hydroxylation is 1. The summed E-state index contributed by atoms with van der Waals surface area (Å²) in [5.74, 6) is 0.0249. The van der Waals surface area contributed by atoms with Gasteiger partial charge in [0.2, 0.25) is 0 Å². The first-order valence-corrected chi connectivity index (χ1v) is 14.0. The molecule has 0 radical (unpaired) electrons. The van der Waals surface area contributed by atoms with Crippen molar-refractivity contribution in [2.45, 2.75) is 44.2 Å². The van der Waals surface area contributed by atoms with E-state index >= 15 is 0 Å². The quantitative estimate of drug-likeness (QED) is 0.264. The summed E-state index contributed by atoms with van der Waals surface area (Å²) in [4.78, 5) is 16.0. The molecule has 202 valence electrons. The van der Waals surface area contributed by atoms with Crippen LogP contribution in [0.5, 0.6) is 11.6 Å². The molecule has 1 aliphatic rings. The Bertz CT molecular complexity index is 1440. The van der Waals surface area contributed by atoms with Gasteiger partial charge in [0.05, 0.1) is 31.6 Å². The Labute approximate surface area is 226 Å². The van der Waals surface area contributed by atoms with E-state index in [9.17, 15) is 13.2 Å². The van der Waals surface area contributed by atoms with Crippen LogP contribution in [-0.4, -0.2) is 55.5 Å². The fourth-order valence-electron chi connectivity index (χ4n) is 3.97. The SMILES string of the molecule is CCOc1nn(CC)cc1S(=O)(=O)N1CC(CCC(=O)OC)Oc2ccc(C=Cc3cccc(Cl)n3)cc21. The van der Waals surface area contributed by atoms with Gasteiger partial charge < -0.3 is 14.2 Å². The Kier molecular flexibility index (Phi) is 8.58. The van der Waals surface area contributed by atoms with E-state index < -0.39 is 22.1 Å². The lowest BCUT2D eigenvalue weighted by Crippen LogP contribution is -2.43. The number of carbonyl (C=O) groups excluding carboxylic acids is 1. The first-order chi connectivity index (χ1) is 18.2. The van der Waals surface area contributed by atoms with E-state index in [2.05, 4.69) is 10.1 Å². The van der Waals surface area contributed by atoms with E-state index in [-0.39, 0.29) is 36.8 Å². The molecule has 0 spiro atoms. The standard InChI is InChI=1S/C26H29ClN4O6S/c1-4-30-17-23(26(29-30)36-5-2)38(33,34)31-16-20(12-14-25(32)35-3)37-22-13-10-18(15-21(22)31)9-11-19-7-6-8-24(27)28-19/h6-11,13,15,17,20H,4-5,12,14,16H2,1-3H3. The van der Waals surface area contributed by atoms with E-state index in [0.29, 0.717) is 28.8 Å². The van der Waals surface area contributed by atoms with Gasteiger partial charge in [-0.15, -0.1) is 5.10 Å². The summed E-state index contributed by atoms with van der Waals surface area (Å²) in [6.45, 7) is 4.36. The Balaban J connectivity index is 1.74. The number of methoxy groups -OCH3 is 1. The Morgan fingerprint density at radius 1 is 1.24 bits per heavy atom. The van der Waals surface area contributed by atoms with E-state index in [1.54, 1.807) is 37.3 Å². The number of ether oxygens (including phenoxy) is 3. The van der Waals surface area contributed by atoms with Gasteiger partial charge in [0.25, 0.3) is 15.9 Å². The molecule has 1 aromatic carbocycles. The molecule has 0 N–H and O–H groups in total. The third kappa shape index (κ3) is 6.11. The minimum absolute atomic E-state index is 0.00177. The molecular formula is C26H29ClN4O6S. The van der Waals surface area contributed by atoms with Gasteiger partial charge in [-0.25, -0.2) is 13.4 Å². The van der Waals surface area contributed by atoms with Gasteiger partial charge >= 0.3 is 5.97 Å². The Morgan fingerprint density at radius 2 is 2.05 bits per heavy atom. The lowest BCUT2D eigenvalue weighted by Gasteiger charge is -2.35. The van der Waals surface area contributed by atoms with Crippen molar-refractivity contribution in [3.8, 4) is 11.6 Å². The molecule has 1 aliphatic heterocycles. The zero-order valence-electron chi connectivity index (χ0n) is 21.3. The van der Waals surface area contributed by atoms with Crippen LogP contribution in [0.4, 0.5) is 5.69 Å². The largest absolute Gasteiger partial charge is 0.486 e. The number of halogens is 1. The maximum absolute atomic E-state index is 14.0. The van der Waals surface area contributed by atoms with Crippen LogP contribution in [0.3, 0.4) is 0 Å². The van der Waals surface area contributed by atoms with Gasteiger partial charge in [-0.3, -0.25) is 13.8 Å². The molecule has 0 bridgehead atoms. The van der Waals surface area contributed by atoms with Crippen molar-refractivity contribution < 1.29 is 27.4 Å². The van der Waals surface area contributed by atoms with Crippen molar-refractivity contribution in [3.63, 3.8) is 0 Å². The second-order valence-electron chi connectivity index (χ2n) is 8.42. The Morgan fingerprint density at radius 3 is 2.76 bits per heavy atom. The van der Waals surface area contributed by atoms with Gasteiger partial charge in [0, 0.05) is 19.2 Å². The number of hydrogen-bond donors (Lipinski definition) is 0. The van der Waals surface area contributed by atoms with Crippen molar-refractivity contribution in [2.75, 3.05) is 24.6 Å². The van der Waals surface area contributed by atoms with Crippen molar-refractivity contribution in [1.29, 1.82) is 0 Å². The zero-order valence-corrected chi connectivity index (χ0v) is 22.9. The molecule has 12 heteroatoms. The first kappa shape index (κ1) is 27.5. The van der Waals surface area contributed by atoms with Crippen molar-refractivity contribution in [2.24, 2.45) is 0 Å². The van der Waals surface area contributed by atoms with Gasteiger partial charge in [0.1, 0.15) is 17.0 Å². The van der Waals surface area contributed by atoms with Gasteiger partial charge in [0.15, 0.2) is 4.90 Å². The van der Waals surface area contributed by atoms with Gasteiger partial charge in [-0.2, -0.15) is 0 Å². The highest BCUT2D eigenvalue weighted by atomic mass is 35.5. The lowest BCUT2D eigenvalue weighted by atomic mass is 10.1. The molecule has 3 aromatic rings. The van der Waals surface area contributed by atoms with Crippen LogP contribution in [0.25, 0.3) is 12.2 Å². The number of fused-ring (bicyclic) bond motifs is 1. The number of pyridine rings is 1. The van der Waals surface area contributed by atoms with Crippen molar-refractivity contribution in [1.82, 2.24) is 14.8 Å². The number of benzene rings is 1. The number of esters is 1. The van der Waals surface area contributed by atoms with Crippen LogP contribution in [0, 0.1) is 0 Å². The second kappa shape index (κ2) is 11.9. The lowest BCUT2D eigenvalue weighted by molar-refractivity contribution is -0.141. The predicted octanol–water partition coefficient (Wildman–Crippen LogP) is 4.43. The molecule has 38 heavy (non-hydrogen) atoms. The summed E-state index contributed by atoms with van der Waals surface area (Å²) in [7, 11) is -2.80. The van der Waals surface area contributed by atoms with Crippen LogP contribution in [-0.2, 0) is 26.1 Å². The second-order valence-corrected chi connectivity index (χ2v) is 10.6. The molecule has 1 unspecified atom stereocenters. The van der Waals surface area contributed by atoms with Crippen molar-refractivity contribution in [3.05, 3.63) is 59.0 Å². The summed E-state index contributed by atoms with van der Waals surface area (Å²) in [5.41, 5.74) is 1.76. The van der Waals surface area contributed by atoms with Gasteiger partial charge in [-0.1, -0.05) is 29.8 Å². The number of nitrogens with zero attached hydrogens (tertiary/aromatic N) is 4. The molecule has 4 rings (SSSR count). The fraction of sp³-hybridized carbons (Fsp3) is 0.346. The van der Waals surface area contributed by atoms with Crippen LogP contribution >= 0.6 is 11.6 Å². The van der Waals surface area contributed by atoms with E-state index in [1.165, 1.54) is 22.3 Å². The van der Waals surface area contributed by atoms with Crippen LogP contribution in [0.2, 0.25) is 5.15 Å². The Hall–Kier alpha value is -3.57. The normalized spacial score (nSPS) is 15.3. The maximum atomic E-state index is 14.0. The molecule has 0 aliphatic carbocycles. The highest BCUT2D eigenvalue weighted by Crippen LogP contribution is 2.40. The molecule has 0 fully saturated rings. The summed E-state index contributed by atoms with van der Waals surface area (Å²) >= 11 is 5.98. The van der Waals surface area contributed by atoms with Crippen LogP contribution in [0.1, 0.15) is 37.9 Å². The summed E-state index contributed by atoms with van der Waals surface area (Å²) in [6, 6.07) is 10.6. The minimum Gasteiger partial charge on any atom is -0.486 e. The van der Waals surface area contributed by atoms with Crippen molar-refractivity contribution >= 4 is 45.4 Å². The summed E-state index contributed by atoms with van der Waals surface area (Å²) in [6.07, 6.45) is 4.88. The van der Waals surface area contributed by atoms with Crippen LogP contribution in [0.15, 0.2) is 47.5 Å². The molecule has 3 heterocycles. The summed E-state index contributed by atoms with van der Waals surface area (Å²) < 4.78 is 47.3. The maximum Gasteiger partial charge on any atom is 0.305 e. The average molecular weight is 561 g/mol. The third-order valence-corrected chi connectivity index (χ3v) is 7.84. The highest BCUT2D eigenvalue weighted by Gasteiger charge is 2.37. The predicted molar refractivity (Wildman–Crippen MR) is 144 cm³/mol. The van der Waals surface area contributed by atoms with Crippen LogP contribution < -0.4 is 13.8 Å². The minimum atomic E-state index is -4.11. The average Bonchev–Trinajstić information content (AvgIpc) is 3.34. The zero-order chi connectivity index (χ0) is 27.3. The molecule has 2 aromatic heterocycles. The molecule has 1 atom stereocenters. The fourth-order valence-corrected chi connectivity index (χ4v) is 5.72. The number of anilines is 1. The number of rotatable bonds is 10. The van der Waals surface area contributed by atoms with E-state index in [0.717, 1.165) is 5.56 Å². The molecular weight excluding hydrogens is 532 g/mol. The number of sulfonamides is 1. The molecule has 0 saturated carbocycles. The van der Waals surface area contributed by atoms with E-state index in [1.807, 2.05) is 25.1 Å². The molecule has 10 nitrogen and oxygen atoms in total. The van der Waals surface area contributed by atoms with Gasteiger partial charge in [-0.05, 0) is 56.2 Å².